The van der Waals surface area contributed by atoms with Crippen LogP contribution in [-0.2, 0) is 11.8 Å². The van der Waals surface area contributed by atoms with E-state index in [1.807, 2.05) is 33.8 Å². The van der Waals surface area contributed by atoms with Gasteiger partial charge in [0, 0.05) is 0 Å². The quantitative estimate of drug-likeness (QED) is 0.117. The summed E-state index contributed by atoms with van der Waals surface area (Å²) >= 11 is 0. The smallest absolute Gasteiger partial charge is 0.358 e. The van der Waals surface area contributed by atoms with E-state index in [0.717, 1.165) is 6.42 Å². The fourth-order valence-corrected chi connectivity index (χ4v) is 2.82. The molecule has 0 radical (unpaired) electrons. The standard InChI is InChI=1S/C11H16.C10H14.C8H10.C4H6.2C2H6.C2H4.CH3.K/c1-4-11(2,3)10-8-6-5-7-9-10;1-3-9(2)10-7-5-4-6-8-10;1-2-8-6-4-3-5-7-8;1-3-4-2;3*1-2;;/h5-9H,4H2,1-3H3;4-9H,3H2,1-2H3;3-7H,2H2,1H3;3-4H,1-2H2;2*1-2H3;1-2H2;1H3;/q;;;;;;;-1;+1. The van der Waals surface area contributed by atoms with Crippen molar-refractivity contribution in [1.82, 2.24) is 0 Å². The molecule has 0 aliphatic rings. The molecule has 1 unspecified atom stereocenters. The first-order chi connectivity index (χ1) is 18.9. The first-order valence-corrected chi connectivity index (χ1v) is 14.7. The van der Waals surface area contributed by atoms with Crippen molar-refractivity contribution in [2.75, 3.05) is 0 Å². The van der Waals surface area contributed by atoms with Crippen molar-refractivity contribution in [1.29, 1.82) is 0 Å². The van der Waals surface area contributed by atoms with Crippen LogP contribution in [0.25, 0.3) is 0 Å². The van der Waals surface area contributed by atoms with Crippen molar-refractivity contribution < 1.29 is 51.4 Å². The zero-order valence-corrected chi connectivity index (χ0v) is 32.5. The number of benzene rings is 3. The van der Waals surface area contributed by atoms with Crippen molar-refractivity contribution in [3.05, 3.63) is 154 Å². The molecule has 3 aromatic rings. The molecule has 1 atom stereocenters. The fourth-order valence-electron chi connectivity index (χ4n) is 2.82. The SMILES string of the molecule is C=C.C=CC=C.CC.CC.CCC(C)(C)c1ccccc1.CCC(C)c1ccccc1.CCc1ccccc1.[CH3-].[K+]. The van der Waals surface area contributed by atoms with Crippen LogP contribution in [0, 0.1) is 7.43 Å². The molecule has 0 saturated heterocycles. The Kier molecular flexibility index (Phi) is 51.7. The van der Waals surface area contributed by atoms with Crippen LogP contribution in [0.1, 0.15) is 105 Å². The monoisotopic (exact) mass is 584 g/mol. The minimum Gasteiger partial charge on any atom is -0.358 e. The number of hydrogen-bond donors (Lipinski definition) is 0. The molecule has 0 saturated carbocycles. The summed E-state index contributed by atoms with van der Waals surface area (Å²) in [5.41, 5.74) is 4.63. The maximum absolute atomic E-state index is 3.36. The molecule has 3 rings (SSSR count). The summed E-state index contributed by atoms with van der Waals surface area (Å²) in [5.74, 6) is 0.709. The van der Waals surface area contributed by atoms with Gasteiger partial charge in [0.05, 0.1) is 0 Å². The van der Waals surface area contributed by atoms with Crippen molar-refractivity contribution >= 4 is 0 Å². The predicted octanol–water partition coefficient (Wildman–Crippen LogP) is 10.5. The molecule has 0 aliphatic carbocycles. The predicted molar refractivity (Wildman–Crippen MR) is 191 cm³/mol. The maximum Gasteiger partial charge on any atom is 1.00 e. The molecule has 3 aromatic carbocycles. The molecule has 0 bridgehead atoms. The van der Waals surface area contributed by atoms with Gasteiger partial charge in [0.15, 0.2) is 0 Å². The van der Waals surface area contributed by atoms with Gasteiger partial charge in [0.2, 0.25) is 0 Å². The van der Waals surface area contributed by atoms with E-state index >= 15 is 0 Å². The largest absolute Gasteiger partial charge is 1.00 e. The Morgan fingerprint density at radius 3 is 1.27 bits per heavy atom. The third kappa shape index (κ3) is 31.3. The van der Waals surface area contributed by atoms with Gasteiger partial charge in [-0.15, -0.1) is 13.2 Å². The molecule has 0 amide bonds. The normalized spacial score (nSPS) is 8.93. The van der Waals surface area contributed by atoms with E-state index in [9.17, 15) is 0 Å². The Morgan fingerprint density at radius 1 is 0.659 bits per heavy atom. The van der Waals surface area contributed by atoms with E-state index in [2.05, 4.69) is 153 Å². The maximum atomic E-state index is 3.36. The van der Waals surface area contributed by atoms with Crippen LogP contribution in [0.2, 0.25) is 0 Å². The minimum atomic E-state index is 0. The molecule has 0 nitrogen and oxygen atoms in total. The summed E-state index contributed by atoms with van der Waals surface area (Å²) in [4.78, 5) is 0. The minimum absolute atomic E-state index is 0. The van der Waals surface area contributed by atoms with Crippen LogP contribution in [0.15, 0.2) is 129 Å². The molecular weight excluding hydrogens is 520 g/mol. The molecule has 226 valence electrons. The van der Waals surface area contributed by atoms with Crippen LogP contribution in [-0.4, -0.2) is 0 Å². The average molecular weight is 585 g/mol. The topological polar surface area (TPSA) is 0 Å². The summed E-state index contributed by atoms with van der Waals surface area (Å²) in [7, 11) is 0. The van der Waals surface area contributed by atoms with Crippen LogP contribution >= 0.6 is 0 Å². The molecule has 0 aromatic heterocycles. The van der Waals surface area contributed by atoms with E-state index in [1.165, 1.54) is 29.5 Å². The van der Waals surface area contributed by atoms with Gasteiger partial charge in [-0.25, -0.2) is 0 Å². The van der Waals surface area contributed by atoms with Gasteiger partial charge in [0.1, 0.15) is 0 Å². The molecule has 0 spiro atoms. The van der Waals surface area contributed by atoms with Gasteiger partial charge in [-0.3, -0.25) is 0 Å². The summed E-state index contributed by atoms with van der Waals surface area (Å²) in [5, 5.41) is 0. The second-order valence-electron chi connectivity index (χ2n) is 8.63. The van der Waals surface area contributed by atoms with Gasteiger partial charge in [-0.2, -0.15) is 0 Å². The van der Waals surface area contributed by atoms with E-state index in [1.54, 1.807) is 12.2 Å². The van der Waals surface area contributed by atoms with Gasteiger partial charge in [-0.05, 0) is 47.3 Å². The van der Waals surface area contributed by atoms with Gasteiger partial charge in [0.25, 0.3) is 0 Å². The summed E-state index contributed by atoms with van der Waals surface area (Å²) in [6.45, 7) is 34.2. The van der Waals surface area contributed by atoms with Gasteiger partial charge >= 0.3 is 51.4 Å². The molecule has 1 heteroatoms. The number of hydrogen-bond acceptors (Lipinski definition) is 0. The average Bonchev–Trinajstić information content (AvgIpc) is 3.05. The molecule has 41 heavy (non-hydrogen) atoms. The summed E-state index contributed by atoms with van der Waals surface area (Å²) in [6, 6.07) is 31.8. The number of aryl methyl sites for hydroxylation is 1. The van der Waals surface area contributed by atoms with Gasteiger partial charge in [-0.1, -0.05) is 186 Å². The Bertz CT molecular complexity index is 845. The molecule has 0 fully saturated rings. The van der Waals surface area contributed by atoms with Crippen molar-refractivity contribution in [3.63, 3.8) is 0 Å². The van der Waals surface area contributed by atoms with E-state index in [0.29, 0.717) is 11.3 Å². The van der Waals surface area contributed by atoms with E-state index in [4.69, 9.17) is 0 Å². The van der Waals surface area contributed by atoms with Crippen LogP contribution in [0.5, 0.6) is 0 Å². The second kappa shape index (κ2) is 40.7. The number of allylic oxidation sites excluding steroid dienone is 2. The Hall–Kier alpha value is -1.48. The molecule has 0 N–H and O–H groups in total. The second-order valence-corrected chi connectivity index (χ2v) is 8.63. The van der Waals surface area contributed by atoms with Crippen molar-refractivity contribution in [2.45, 2.75) is 99.8 Å². The molecular formula is C40H65K. The zero-order valence-electron chi connectivity index (χ0n) is 29.3. The van der Waals surface area contributed by atoms with E-state index in [-0.39, 0.29) is 58.8 Å². The molecule has 0 aliphatic heterocycles. The van der Waals surface area contributed by atoms with Crippen molar-refractivity contribution in [3.8, 4) is 0 Å². The van der Waals surface area contributed by atoms with Crippen LogP contribution < -0.4 is 51.4 Å². The molecule has 0 heterocycles. The number of rotatable bonds is 6. The van der Waals surface area contributed by atoms with Crippen LogP contribution in [0.4, 0.5) is 0 Å². The zero-order chi connectivity index (χ0) is 31.0. The Labute approximate surface area is 301 Å². The third-order valence-corrected chi connectivity index (χ3v) is 5.84. The summed E-state index contributed by atoms with van der Waals surface area (Å²) in [6.07, 6.45) is 6.84. The van der Waals surface area contributed by atoms with E-state index < -0.39 is 0 Å². The van der Waals surface area contributed by atoms with Crippen LogP contribution in [0.3, 0.4) is 0 Å². The fraction of sp³-hybridized carbons (Fsp3) is 0.375. The van der Waals surface area contributed by atoms with Crippen molar-refractivity contribution in [2.24, 2.45) is 0 Å². The first-order valence-electron chi connectivity index (χ1n) is 14.7. The Morgan fingerprint density at radius 2 is 1.00 bits per heavy atom. The van der Waals surface area contributed by atoms with Gasteiger partial charge < -0.3 is 7.43 Å². The first kappa shape index (κ1) is 52.2. The third-order valence-electron chi connectivity index (χ3n) is 5.84. The summed E-state index contributed by atoms with van der Waals surface area (Å²) < 4.78 is 0. The Balaban J connectivity index is -0.0000000953.